The second-order valence-corrected chi connectivity index (χ2v) is 5.64. The van der Waals surface area contributed by atoms with Gasteiger partial charge in [-0.1, -0.05) is 6.92 Å². The lowest BCUT2D eigenvalue weighted by Gasteiger charge is -2.35. The molecule has 1 amide bonds. The second-order valence-electron chi connectivity index (χ2n) is 5.64. The van der Waals surface area contributed by atoms with E-state index in [-0.39, 0.29) is 23.3 Å². The molecule has 1 aliphatic heterocycles. The van der Waals surface area contributed by atoms with Gasteiger partial charge in [-0.3, -0.25) is 14.9 Å². The monoisotopic (exact) mass is 292 g/mol. The number of nitrogens with two attached hydrogens (primary N) is 1. The molecule has 0 radical (unpaired) electrons. The number of hydrogen-bond donors (Lipinski definition) is 2. The first-order chi connectivity index (χ1) is 9.88. The Kier molecular flexibility index (Phi) is 4.42. The van der Waals surface area contributed by atoms with E-state index in [0.29, 0.717) is 11.5 Å². The van der Waals surface area contributed by atoms with Gasteiger partial charge in [0.2, 0.25) is 0 Å². The van der Waals surface area contributed by atoms with Gasteiger partial charge >= 0.3 is 0 Å². The number of benzene rings is 1. The van der Waals surface area contributed by atoms with Gasteiger partial charge in [-0.25, -0.2) is 0 Å². The second kappa shape index (κ2) is 6.09. The van der Waals surface area contributed by atoms with E-state index in [9.17, 15) is 14.9 Å². The van der Waals surface area contributed by atoms with Crippen LogP contribution in [0.15, 0.2) is 18.2 Å². The molecule has 1 aliphatic rings. The summed E-state index contributed by atoms with van der Waals surface area (Å²) in [5.74, 6) is 0.126. The van der Waals surface area contributed by atoms with Crippen LogP contribution in [0.25, 0.3) is 0 Å². The van der Waals surface area contributed by atoms with Crippen molar-refractivity contribution < 1.29 is 9.72 Å². The molecular formula is C14H20N4O3. The summed E-state index contributed by atoms with van der Waals surface area (Å²) in [7, 11) is 2.06. The fourth-order valence-electron chi connectivity index (χ4n) is 2.68. The highest BCUT2D eigenvalue weighted by atomic mass is 16.6. The minimum Gasteiger partial charge on any atom is -0.393 e. The molecule has 1 aromatic carbocycles. The summed E-state index contributed by atoms with van der Waals surface area (Å²) >= 11 is 0. The summed E-state index contributed by atoms with van der Waals surface area (Å²) in [5, 5.41) is 13.7. The lowest BCUT2D eigenvalue weighted by Crippen LogP contribution is -2.48. The summed E-state index contributed by atoms with van der Waals surface area (Å²) in [6.45, 7) is 3.98. The van der Waals surface area contributed by atoms with Gasteiger partial charge < -0.3 is 16.0 Å². The van der Waals surface area contributed by atoms with Crippen molar-refractivity contribution in [1.82, 2.24) is 10.2 Å². The van der Waals surface area contributed by atoms with Crippen LogP contribution in [0.4, 0.5) is 11.4 Å². The topological polar surface area (TPSA) is 102 Å². The SMILES string of the molecule is CC1CN(C)CCC1NC(=O)c1ccc([N+](=O)[O-])c(N)c1. The Morgan fingerprint density at radius 1 is 1.52 bits per heavy atom. The molecule has 0 aliphatic carbocycles. The van der Waals surface area contributed by atoms with Crippen molar-refractivity contribution in [2.75, 3.05) is 25.9 Å². The number of anilines is 1. The largest absolute Gasteiger partial charge is 0.393 e. The summed E-state index contributed by atoms with van der Waals surface area (Å²) in [6.07, 6.45) is 0.895. The lowest BCUT2D eigenvalue weighted by atomic mass is 9.94. The maximum Gasteiger partial charge on any atom is 0.292 e. The minimum atomic E-state index is -0.559. The zero-order valence-electron chi connectivity index (χ0n) is 12.2. The third-order valence-corrected chi connectivity index (χ3v) is 3.91. The number of nitro benzene ring substituents is 1. The molecule has 114 valence electrons. The molecule has 21 heavy (non-hydrogen) atoms. The van der Waals surface area contributed by atoms with Crippen LogP contribution in [0.1, 0.15) is 23.7 Å². The van der Waals surface area contributed by atoms with Gasteiger partial charge in [-0.15, -0.1) is 0 Å². The number of carbonyl (C=O) groups excluding carboxylic acids is 1. The highest BCUT2D eigenvalue weighted by Gasteiger charge is 2.26. The summed E-state index contributed by atoms with van der Waals surface area (Å²) in [4.78, 5) is 24.6. The first kappa shape index (κ1) is 15.2. The normalized spacial score (nSPS) is 22.8. The smallest absolute Gasteiger partial charge is 0.292 e. The zero-order chi connectivity index (χ0) is 15.6. The van der Waals surface area contributed by atoms with E-state index in [1.54, 1.807) is 0 Å². The molecule has 0 spiro atoms. The standard InChI is InChI=1S/C14H20N4O3/c1-9-8-17(2)6-5-12(9)16-14(19)10-3-4-13(18(20)21)11(15)7-10/h3-4,7,9,12H,5-6,8,15H2,1-2H3,(H,16,19). The predicted octanol–water partition coefficient (Wildman–Crippen LogP) is 1.25. The van der Waals surface area contributed by atoms with E-state index < -0.39 is 4.92 Å². The van der Waals surface area contributed by atoms with Crippen molar-refractivity contribution in [2.45, 2.75) is 19.4 Å². The van der Waals surface area contributed by atoms with Gasteiger partial charge in [0.25, 0.3) is 11.6 Å². The molecule has 1 fully saturated rings. The number of rotatable bonds is 3. The Bertz CT molecular complexity index is 561. The van der Waals surface area contributed by atoms with E-state index in [1.807, 2.05) is 0 Å². The number of amides is 1. The van der Waals surface area contributed by atoms with Crippen LogP contribution in [-0.2, 0) is 0 Å². The van der Waals surface area contributed by atoms with Gasteiger partial charge in [0.1, 0.15) is 5.69 Å². The maximum atomic E-state index is 12.2. The van der Waals surface area contributed by atoms with Crippen LogP contribution in [-0.4, -0.2) is 41.9 Å². The van der Waals surface area contributed by atoms with Gasteiger partial charge in [0, 0.05) is 24.2 Å². The molecule has 1 heterocycles. The van der Waals surface area contributed by atoms with Gasteiger partial charge in [-0.05, 0) is 38.1 Å². The van der Waals surface area contributed by atoms with Gasteiger partial charge in [0.15, 0.2) is 0 Å². The quantitative estimate of drug-likeness (QED) is 0.496. The lowest BCUT2D eigenvalue weighted by molar-refractivity contribution is -0.383. The van der Waals surface area contributed by atoms with Crippen molar-refractivity contribution in [2.24, 2.45) is 5.92 Å². The van der Waals surface area contributed by atoms with E-state index >= 15 is 0 Å². The first-order valence-corrected chi connectivity index (χ1v) is 6.92. The van der Waals surface area contributed by atoms with E-state index in [0.717, 1.165) is 19.5 Å². The summed E-state index contributed by atoms with van der Waals surface area (Å²) in [5.41, 5.74) is 5.78. The van der Waals surface area contributed by atoms with Crippen molar-refractivity contribution in [3.63, 3.8) is 0 Å². The van der Waals surface area contributed by atoms with Crippen LogP contribution in [0.3, 0.4) is 0 Å². The molecular weight excluding hydrogens is 272 g/mol. The predicted molar refractivity (Wildman–Crippen MR) is 80.0 cm³/mol. The number of nitrogen functional groups attached to an aromatic ring is 1. The van der Waals surface area contributed by atoms with Gasteiger partial charge in [-0.2, -0.15) is 0 Å². The number of nitro groups is 1. The molecule has 2 rings (SSSR count). The average molecular weight is 292 g/mol. The van der Waals surface area contributed by atoms with Crippen molar-refractivity contribution in [3.8, 4) is 0 Å². The average Bonchev–Trinajstić information content (AvgIpc) is 2.41. The summed E-state index contributed by atoms with van der Waals surface area (Å²) in [6, 6.07) is 4.17. The van der Waals surface area contributed by atoms with Crippen molar-refractivity contribution in [1.29, 1.82) is 0 Å². The maximum absolute atomic E-state index is 12.2. The molecule has 1 aromatic rings. The Hall–Kier alpha value is -2.15. The molecule has 7 nitrogen and oxygen atoms in total. The zero-order valence-corrected chi connectivity index (χ0v) is 12.2. The number of nitrogens with one attached hydrogen (secondary N) is 1. The number of nitrogens with zero attached hydrogens (tertiary/aromatic N) is 2. The van der Waals surface area contributed by atoms with Crippen LogP contribution >= 0.6 is 0 Å². The van der Waals surface area contributed by atoms with E-state index in [1.165, 1.54) is 18.2 Å². The van der Waals surface area contributed by atoms with Crippen molar-refractivity contribution in [3.05, 3.63) is 33.9 Å². The highest BCUT2D eigenvalue weighted by molar-refractivity contribution is 5.95. The molecule has 7 heteroatoms. The molecule has 0 saturated carbocycles. The number of hydrogen-bond acceptors (Lipinski definition) is 5. The molecule has 0 aromatic heterocycles. The van der Waals surface area contributed by atoms with Crippen molar-refractivity contribution >= 4 is 17.3 Å². The van der Waals surface area contributed by atoms with Gasteiger partial charge in [0.05, 0.1) is 4.92 Å². The minimum absolute atomic E-state index is 0.00377. The summed E-state index contributed by atoms with van der Waals surface area (Å²) < 4.78 is 0. The molecule has 2 atom stereocenters. The van der Waals surface area contributed by atoms with Crippen LogP contribution < -0.4 is 11.1 Å². The number of carbonyl (C=O) groups is 1. The Balaban J connectivity index is 2.07. The molecule has 1 saturated heterocycles. The Morgan fingerprint density at radius 3 is 2.81 bits per heavy atom. The fourth-order valence-corrected chi connectivity index (χ4v) is 2.68. The van der Waals surface area contributed by atoms with E-state index in [2.05, 4.69) is 24.2 Å². The number of piperidine rings is 1. The molecule has 3 N–H and O–H groups in total. The Morgan fingerprint density at radius 2 is 2.24 bits per heavy atom. The first-order valence-electron chi connectivity index (χ1n) is 6.92. The third-order valence-electron chi connectivity index (χ3n) is 3.91. The van der Waals surface area contributed by atoms with E-state index in [4.69, 9.17) is 5.73 Å². The van der Waals surface area contributed by atoms with Crippen LogP contribution in [0, 0.1) is 16.0 Å². The molecule has 2 unspecified atom stereocenters. The van der Waals surface area contributed by atoms with Crippen LogP contribution in [0.5, 0.6) is 0 Å². The van der Waals surface area contributed by atoms with Crippen LogP contribution in [0.2, 0.25) is 0 Å². The highest BCUT2D eigenvalue weighted by Crippen LogP contribution is 2.22. The Labute approximate surface area is 123 Å². The third kappa shape index (κ3) is 3.49. The number of likely N-dealkylation sites (tertiary alicyclic amines) is 1. The molecule has 0 bridgehead atoms. The fraction of sp³-hybridized carbons (Fsp3) is 0.500.